The van der Waals surface area contributed by atoms with E-state index in [0.29, 0.717) is 18.6 Å². The molecule has 0 heterocycles. The molecule has 0 aromatic heterocycles. The molecule has 118 valence electrons. The van der Waals surface area contributed by atoms with Crippen LogP contribution in [0.15, 0.2) is 24.3 Å². The Morgan fingerprint density at radius 3 is 2.71 bits per heavy atom. The largest absolute Gasteiger partial charge is 0.497 e. The van der Waals surface area contributed by atoms with Gasteiger partial charge in [-0.05, 0) is 37.0 Å². The Bertz CT molecular complexity index is 584. The first-order valence-electron chi connectivity index (χ1n) is 6.91. The maximum absolute atomic E-state index is 12.1. The number of nitrogens with zero attached hydrogens (tertiary/aromatic N) is 1. The smallest absolute Gasteiger partial charge is 0.279 e. The van der Waals surface area contributed by atoms with Gasteiger partial charge in [0.2, 0.25) is 0 Å². The number of methoxy groups -OCH3 is 1. The minimum atomic E-state index is -3.60. The molecule has 0 spiro atoms. The van der Waals surface area contributed by atoms with Gasteiger partial charge in [-0.1, -0.05) is 12.1 Å². The van der Waals surface area contributed by atoms with E-state index in [1.54, 1.807) is 13.2 Å². The minimum Gasteiger partial charge on any atom is -0.497 e. The van der Waals surface area contributed by atoms with Gasteiger partial charge in [0.25, 0.3) is 10.2 Å². The van der Waals surface area contributed by atoms with Crippen LogP contribution >= 0.6 is 0 Å². The lowest BCUT2D eigenvalue weighted by atomic mass is 9.81. The van der Waals surface area contributed by atoms with Crippen LogP contribution in [0.5, 0.6) is 5.75 Å². The van der Waals surface area contributed by atoms with Crippen LogP contribution in [0.3, 0.4) is 0 Å². The van der Waals surface area contributed by atoms with Crippen molar-refractivity contribution in [2.24, 2.45) is 0 Å². The van der Waals surface area contributed by atoms with Gasteiger partial charge in [-0.25, -0.2) is 0 Å². The Morgan fingerprint density at radius 1 is 1.43 bits per heavy atom. The van der Waals surface area contributed by atoms with Gasteiger partial charge in [0, 0.05) is 20.1 Å². The maximum atomic E-state index is 12.1. The molecular formula is C14H22N2O4S. The monoisotopic (exact) mass is 314 g/mol. The average Bonchev–Trinajstić information content (AvgIpc) is 2.43. The first kappa shape index (κ1) is 16.2. The molecule has 1 saturated carbocycles. The Balaban J connectivity index is 1.95. The lowest BCUT2D eigenvalue weighted by molar-refractivity contribution is -0.0273. The van der Waals surface area contributed by atoms with Crippen LogP contribution in [0.1, 0.15) is 24.8 Å². The van der Waals surface area contributed by atoms with Crippen molar-refractivity contribution in [1.29, 1.82) is 0 Å². The third-order valence-electron chi connectivity index (χ3n) is 3.82. The van der Waals surface area contributed by atoms with E-state index in [0.717, 1.165) is 12.0 Å². The normalized spacial score (nSPS) is 17.5. The predicted octanol–water partition coefficient (Wildman–Crippen LogP) is 0.876. The highest BCUT2D eigenvalue weighted by Gasteiger charge is 2.35. The number of rotatable bonds is 7. The summed E-state index contributed by atoms with van der Waals surface area (Å²) in [5.74, 6) is 0.690. The zero-order valence-electron chi connectivity index (χ0n) is 12.4. The van der Waals surface area contributed by atoms with Gasteiger partial charge in [-0.3, -0.25) is 0 Å². The second-order valence-corrected chi connectivity index (χ2v) is 7.37. The molecule has 6 nitrogen and oxygen atoms in total. The predicted molar refractivity (Wildman–Crippen MR) is 80.2 cm³/mol. The summed E-state index contributed by atoms with van der Waals surface area (Å²) in [6, 6.07) is 7.26. The average molecular weight is 314 g/mol. The van der Waals surface area contributed by atoms with Gasteiger partial charge >= 0.3 is 0 Å². The Morgan fingerprint density at radius 2 is 2.14 bits per heavy atom. The van der Waals surface area contributed by atoms with Crippen LogP contribution in [0.4, 0.5) is 0 Å². The highest BCUT2D eigenvalue weighted by atomic mass is 32.2. The molecule has 0 bridgehead atoms. The minimum absolute atomic E-state index is 0.0672. The van der Waals surface area contributed by atoms with Crippen molar-refractivity contribution in [3.8, 4) is 5.75 Å². The lowest BCUT2D eigenvalue weighted by Gasteiger charge is -2.36. The summed E-state index contributed by atoms with van der Waals surface area (Å²) in [5, 5.41) is 9.95. The summed E-state index contributed by atoms with van der Waals surface area (Å²) < 4.78 is 33.1. The molecular weight excluding hydrogens is 292 g/mol. The van der Waals surface area contributed by atoms with Crippen LogP contribution in [0.2, 0.25) is 0 Å². The third kappa shape index (κ3) is 4.16. The van der Waals surface area contributed by atoms with Crippen molar-refractivity contribution in [1.82, 2.24) is 9.03 Å². The molecule has 1 aromatic carbocycles. The van der Waals surface area contributed by atoms with Crippen LogP contribution in [-0.4, -0.2) is 44.1 Å². The van der Waals surface area contributed by atoms with Crippen molar-refractivity contribution in [3.05, 3.63) is 29.8 Å². The molecule has 1 aliphatic rings. The molecule has 1 aromatic rings. The van der Waals surface area contributed by atoms with E-state index in [9.17, 15) is 13.5 Å². The van der Waals surface area contributed by atoms with Crippen molar-refractivity contribution in [3.63, 3.8) is 0 Å². The van der Waals surface area contributed by atoms with Gasteiger partial charge < -0.3 is 9.84 Å². The van der Waals surface area contributed by atoms with Gasteiger partial charge in [0.1, 0.15) is 5.75 Å². The van der Waals surface area contributed by atoms with Crippen molar-refractivity contribution in [2.75, 3.05) is 20.7 Å². The number of hydrogen-bond acceptors (Lipinski definition) is 4. The van der Waals surface area contributed by atoms with Crippen molar-refractivity contribution >= 4 is 10.2 Å². The highest BCUT2D eigenvalue weighted by molar-refractivity contribution is 7.87. The first-order valence-corrected chi connectivity index (χ1v) is 8.35. The molecule has 0 radical (unpaired) electrons. The number of aliphatic hydroxyl groups is 1. The quantitative estimate of drug-likeness (QED) is 0.783. The molecule has 1 fully saturated rings. The fourth-order valence-corrected chi connectivity index (χ4v) is 3.20. The van der Waals surface area contributed by atoms with Gasteiger partial charge in [0.15, 0.2) is 0 Å². The number of ether oxygens (including phenoxy) is 1. The second-order valence-electron chi connectivity index (χ2n) is 5.51. The van der Waals surface area contributed by atoms with Gasteiger partial charge in [-0.2, -0.15) is 17.4 Å². The third-order valence-corrected chi connectivity index (χ3v) is 5.28. The van der Waals surface area contributed by atoms with Crippen molar-refractivity contribution in [2.45, 2.75) is 31.4 Å². The van der Waals surface area contributed by atoms with E-state index in [4.69, 9.17) is 4.74 Å². The SMILES string of the molecule is COc1cccc(CN(C)S(=O)(=O)NCC2(O)CCC2)c1. The topological polar surface area (TPSA) is 78.9 Å². The van der Waals surface area contributed by atoms with Crippen LogP contribution < -0.4 is 9.46 Å². The zero-order chi connectivity index (χ0) is 15.5. The molecule has 0 aliphatic heterocycles. The van der Waals surface area contributed by atoms with Crippen LogP contribution in [-0.2, 0) is 16.8 Å². The summed E-state index contributed by atoms with van der Waals surface area (Å²) in [4.78, 5) is 0. The molecule has 7 heteroatoms. The summed E-state index contributed by atoms with van der Waals surface area (Å²) in [6.07, 6.45) is 2.24. The van der Waals surface area contributed by atoms with E-state index in [-0.39, 0.29) is 13.1 Å². The summed E-state index contributed by atoms with van der Waals surface area (Å²) in [5.41, 5.74) is -0.0336. The molecule has 0 atom stereocenters. The number of benzene rings is 1. The molecule has 2 N–H and O–H groups in total. The Kier molecular flexibility index (Phi) is 4.88. The molecule has 0 amide bonds. The van der Waals surface area contributed by atoms with E-state index in [1.807, 2.05) is 18.2 Å². The first-order chi connectivity index (χ1) is 9.85. The van der Waals surface area contributed by atoms with Crippen LogP contribution in [0.25, 0.3) is 0 Å². The summed E-state index contributed by atoms with van der Waals surface area (Å²) in [6.45, 7) is 0.308. The lowest BCUT2D eigenvalue weighted by Crippen LogP contribution is -2.50. The fourth-order valence-electron chi connectivity index (χ4n) is 2.21. The highest BCUT2D eigenvalue weighted by Crippen LogP contribution is 2.30. The Labute approximate surface area is 125 Å². The van der Waals surface area contributed by atoms with E-state index in [2.05, 4.69) is 4.72 Å². The van der Waals surface area contributed by atoms with E-state index >= 15 is 0 Å². The molecule has 0 saturated heterocycles. The fraction of sp³-hybridized carbons (Fsp3) is 0.571. The van der Waals surface area contributed by atoms with Crippen LogP contribution in [0, 0.1) is 0 Å². The summed E-state index contributed by atoms with van der Waals surface area (Å²) >= 11 is 0. The zero-order valence-corrected chi connectivity index (χ0v) is 13.2. The second kappa shape index (κ2) is 6.31. The molecule has 21 heavy (non-hydrogen) atoms. The Hall–Kier alpha value is -1.15. The standard InChI is InChI=1S/C14H22N2O4S/c1-16(10-12-5-3-6-13(9-12)20-2)21(18,19)15-11-14(17)7-4-8-14/h3,5-6,9,15,17H,4,7-8,10-11H2,1-2H3. The van der Waals surface area contributed by atoms with E-state index in [1.165, 1.54) is 11.4 Å². The van der Waals surface area contributed by atoms with Crippen molar-refractivity contribution < 1.29 is 18.3 Å². The maximum Gasteiger partial charge on any atom is 0.279 e. The summed E-state index contributed by atoms with van der Waals surface area (Å²) in [7, 11) is -0.528. The number of nitrogens with one attached hydrogen (secondary N) is 1. The molecule has 2 rings (SSSR count). The van der Waals surface area contributed by atoms with E-state index < -0.39 is 15.8 Å². The number of hydrogen-bond donors (Lipinski definition) is 2. The molecule has 1 aliphatic carbocycles. The molecule has 0 unspecified atom stereocenters. The van der Waals surface area contributed by atoms with Gasteiger partial charge in [-0.15, -0.1) is 0 Å². The van der Waals surface area contributed by atoms with Gasteiger partial charge in [0.05, 0.1) is 12.7 Å².